The molecule has 0 saturated heterocycles. The Balaban J connectivity index is 2.04. The van der Waals surface area contributed by atoms with Crippen LogP contribution in [0.5, 0.6) is 5.75 Å². The van der Waals surface area contributed by atoms with Crippen molar-refractivity contribution < 1.29 is 9.53 Å². The van der Waals surface area contributed by atoms with Gasteiger partial charge in [0.25, 0.3) is 0 Å². The lowest BCUT2D eigenvalue weighted by atomic mass is 10.1. The van der Waals surface area contributed by atoms with Gasteiger partial charge >= 0.3 is 0 Å². The van der Waals surface area contributed by atoms with Crippen molar-refractivity contribution in [2.24, 2.45) is 0 Å². The molecule has 0 saturated carbocycles. The summed E-state index contributed by atoms with van der Waals surface area (Å²) in [6.45, 7) is 2.05. The van der Waals surface area contributed by atoms with Crippen molar-refractivity contribution in [3.63, 3.8) is 0 Å². The second-order valence-corrected chi connectivity index (χ2v) is 9.20. The largest absolute Gasteiger partial charge is 0.497 e. The third kappa shape index (κ3) is 5.27. The molecule has 0 aromatic heterocycles. The zero-order valence-corrected chi connectivity index (χ0v) is 20.0. The van der Waals surface area contributed by atoms with Gasteiger partial charge in [0.15, 0.2) is 0 Å². The predicted octanol–water partition coefficient (Wildman–Crippen LogP) is 7.54. The molecule has 0 spiro atoms. The first-order chi connectivity index (χ1) is 13.5. The third-order valence-electron chi connectivity index (χ3n) is 4.10. The number of hydrogen-bond acceptors (Lipinski definition) is 3. The Hall–Kier alpha value is -1.57. The minimum Gasteiger partial charge on any atom is -0.497 e. The highest BCUT2D eigenvalue weighted by Gasteiger charge is 2.19. The van der Waals surface area contributed by atoms with Crippen LogP contribution in [-0.2, 0) is 0 Å². The lowest BCUT2D eigenvalue weighted by molar-refractivity contribution is 0.104. The summed E-state index contributed by atoms with van der Waals surface area (Å²) in [6.07, 6.45) is 0. The summed E-state index contributed by atoms with van der Waals surface area (Å²) in [4.78, 5) is 15.1. The number of benzene rings is 3. The van der Waals surface area contributed by atoms with E-state index in [-0.39, 0.29) is 5.78 Å². The number of hydrogen-bond donors (Lipinski definition) is 0. The summed E-state index contributed by atoms with van der Waals surface area (Å²) in [7, 11) is 1.64. The number of ether oxygens (including phenoxy) is 1. The molecule has 3 rings (SSSR count). The van der Waals surface area contributed by atoms with Crippen molar-refractivity contribution in [2.75, 3.05) is 7.11 Å². The Labute approximate surface area is 191 Å². The lowest BCUT2D eigenvalue weighted by Crippen LogP contribution is -2.02. The molecule has 0 aliphatic heterocycles. The Morgan fingerprint density at radius 1 is 0.893 bits per heavy atom. The summed E-state index contributed by atoms with van der Waals surface area (Å²) in [6, 6.07) is 23.5. The summed E-state index contributed by atoms with van der Waals surface area (Å²) in [5.41, 5.74) is 2.85. The van der Waals surface area contributed by atoms with Gasteiger partial charge < -0.3 is 4.74 Å². The highest BCUT2D eigenvalue weighted by atomic mass is 127. The molecule has 2 nitrogen and oxygen atoms in total. The smallest absolute Gasteiger partial charge is 0.200 e. The second kappa shape index (κ2) is 9.76. The fourth-order valence-corrected chi connectivity index (χ4v) is 4.64. The normalized spacial score (nSPS) is 11.7. The third-order valence-corrected chi connectivity index (χ3v) is 7.25. The van der Waals surface area contributed by atoms with Gasteiger partial charge in [0.1, 0.15) is 5.75 Å². The summed E-state index contributed by atoms with van der Waals surface area (Å²) >= 11 is 7.19. The molecule has 0 unspecified atom stereocenters. The van der Waals surface area contributed by atoms with E-state index < -0.39 is 0 Å². The molecular formula is C23H18BrIO2S. The van der Waals surface area contributed by atoms with Gasteiger partial charge in [-0.1, -0.05) is 57.5 Å². The van der Waals surface area contributed by atoms with Crippen LogP contribution >= 0.6 is 50.3 Å². The zero-order valence-electron chi connectivity index (χ0n) is 15.4. The number of thioether (sulfide) groups is 1. The van der Waals surface area contributed by atoms with Crippen LogP contribution in [0.2, 0.25) is 0 Å². The molecule has 0 bridgehead atoms. The van der Waals surface area contributed by atoms with Gasteiger partial charge in [-0.15, -0.1) is 0 Å². The minimum atomic E-state index is 0.0123. The van der Waals surface area contributed by atoms with E-state index in [9.17, 15) is 4.79 Å². The first-order valence-electron chi connectivity index (χ1n) is 8.57. The fraction of sp³-hybridized carbons (Fsp3) is 0.0870. The average Bonchev–Trinajstić information content (AvgIpc) is 2.73. The van der Waals surface area contributed by atoms with E-state index >= 15 is 0 Å². The SMILES string of the molecule is COc1ccc(C(I)=C(Sc2ccc(C)cc2)C(=O)c2ccc(Br)cc2)cc1. The van der Waals surface area contributed by atoms with Crippen molar-refractivity contribution in [1.29, 1.82) is 0 Å². The number of halogens is 2. The number of carbonyl (C=O) groups is 1. The predicted molar refractivity (Wildman–Crippen MR) is 129 cm³/mol. The molecule has 0 heterocycles. The van der Waals surface area contributed by atoms with Gasteiger partial charge in [-0.3, -0.25) is 4.79 Å². The van der Waals surface area contributed by atoms with E-state index in [2.05, 4.69) is 57.6 Å². The van der Waals surface area contributed by atoms with Crippen LogP contribution in [0, 0.1) is 6.92 Å². The quantitative estimate of drug-likeness (QED) is 0.134. The maximum atomic E-state index is 13.3. The summed E-state index contributed by atoms with van der Waals surface area (Å²) in [5.74, 6) is 0.804. The fourth-order valence-electron chi connectivity index (χ4n) is 2.52. The van der Waals surface area contributed by atoms with Gasteiger partial charge in [0.05, 0.1) is 12.0 Å². The van der Waals surface area contributed by atoms with E-state index in [1.165, 1.54) is 17.3 Å². The molecule has 0 amide bonds. The minimum absolute atomic E-state index is 0.0123. The van der Waals surface area contributed by atoms with E-state index in [1.54, 1.807) is 7.11 Å². The molecule has 3 aromatic carbocycles. The van der Waals surface area contributed by atoms with Crippen molar-refractivity contribution >= 4 is 59.6 Å². The summed E-state index contributed by atoms with van der Waals surface area (Å²) < 4.78 is 7.11. The highest BCUT2D eigenvalue weighted by Crippen LogP contribution is 2.39. The van der Waals surface area contributed by atoms with Crippen LogP contribution < -0.4 is 4.74 Å². The number of aryl methyl sites for hydroxylation is 1. The van der Waals surface area contributed by atoms with Crippen LogP contribution in [0.15, 0.2) is 87.1 Å². The monoisotopic (exact) mass is 564 g/mol. The number of methoxy groups -OCH3 is 1. The van der Waals surface area contributed by atoms with Crippen molar-refractivity contribution in [2.45, 2.75) is 11.8 Å². The van der Waals surface area contributed by atoms with Crippen molar-refractivity contribution in [3.8, 4) is 5.75 Å². The van der Waals surface area contributed by atoms with Gasteiger partial charge in [-0.2, -0.15) is 0 Å². The van der Waals surface area contributed by atoms with Gasteiger partial charge in [0.2, 0.25) is 5.78 Å². The molecule has 0 aliphatic carbocycles. The summed E-state index contributed by atoms with van der Waals surface area (Å²) in [5, 5.41) is 0. The molecular weight excluding hydrogens is 547 g/mol. The number of allylic oxidation sites excluding steroid dienone is 1. The molecule has 0 radical (unpaired) electrons. The number of Topliss-reactive ketones (excluding diaryl/α,β-unsaturated/α-hetero) is 1. The van der Waals surface area contributed by atoms with Gasteiger partial charge in [-0.25, -0.2) is 0 Å². The van der Waals surface area contributed by atoms with Crippen LogP contribution in [0.1, 0.15) is 21.5 Å². The molecule has 5 heteroatoms. The van der Waals surface area contributed by atoms with Crippen LogP contribution in [0.3, 0.4) is 0 Å². The van der Waals surface area contributed by atoms with Gasteiger partial charge in [-0.05, 0) is 83.6 Å². The Morgan fingerprint density at radius 2 is 1.46 bits per heavy atom. The molecule has 0 N–H and O–H groups in total. The van der Waals surface area contributed by atoms with E-state index in [0.717, 1.165) is 24.3 Å². The molecule has 0 atom stereocenters. The standard InChI is InChI=1S/C23H18BrIO2S/c1-15-3-13-20(14-4-15)28-23(22(26)17-5-9-18(24)10-6-17)21(25)16-7-11-19(27-2)12-8-16/h3-14H,1-2H3. The maximum absolute atomic E-state index is 13.3. The molecule has 0 fully saturated rings. The Morgan fingerprint density at radius 3 is 2.04 bits per heavy atom. The van der Waals surface area contributed by atoms with Crippen molar-refractivity contribution in [3.05, 3.63) is 98.9 Å². The highest BCUT2D eigenvalue weighted by molar-refractivity contribution is 14.1. The molecule has 28 heavy (non-hydrogen) atoms. The van der Waals surface area contributed by atoms with Crippen LogP contribution in [-0.4, -0.2) is 12.9 Å². The first kappa shape index (κ1) is 21.1. The number of rotatable bonds is 6. The molecule has 0 aliphatic rings. The maximum Gasteiger partial charge on any atom is 0.200 e. The van der Waals surface area contributed by atoms with E-state index in [1.807, 2.05) is 60.7 Å². The topological polar surface area (TPSA) is 26.3 Å². The van der Waals surface area contributed by atoms with Crippen LogP contribution in [0.4, 0.5) is 0 Å². The molecule has 3 aromatic rings. The number of ketones is 1. The number of carbonyl (C=O) groups excluding carboxylic acids is 1. The van der Waals surface area contributed by atoms with E-state index in [0.29, 0.717) is 10.5 Å². The Kier molecular flexibility index (Phi) is 7.37. The second-order valence-electron chi connectivity index (χ2n) is 6.12. The van der Waals surface area contributed by atoms with Crippen molar-refractivity contribution in [1.82, 2.24) is 0 Å². The molecule has 142 valence electrons. The van der Waals surface area contributed by atoms with Crippen LogP contribution in [0.25, 0.3) is 3.58 Å². The first-order valence-corrected chi connectivity index (χ1v) is 11.3. The van der Waals surface area contributed by atoms with Gasteiger partial charge in [0, 0.05) is 18.5 Å². The zero-order chi connectivity index (χ0) is 20.1. The lowest BCUT2D eigenvalue weighted by Gasteiger charge is -2.12. The van der Waals surface area contributed by atoms with E-state index in [4.69, 9.17) is 4.74 Å². The Bertz CT molecular complexity index is 994. The average molecular weight is 565 g/mol.